The maximum Gasteiger partial charge on any atom is 0.259 e. The molecular weight excluding hydrogens is 509 g/mol. The maximum atomic E-state index is 14.0. The number of aliphatic hydroxyl groups is 1. The first-order chi connectivity index (χ1) is 17.4. The lowest BCUT2D eigenvalue weighted by Gasteiger charge is -2.22. The van der Waals surface area contributed by atoms with Crippen LogP contribution >= 0.6 is 22.7 Å². The molecule has 9 heteroatoms. The molecule has 6 nitrogen and oxygen atoms in total. The van der Waals surface area contributed by atoms with Gasteiger partial charge in [0.05, 0.1) is 15.9 Å². The Morgan fingerprint density at radius 2 is 1.70 bits per heavy atom. The number of aryl methyl sites for hydroxylation is 4. The molecule has 0 fully saturated rings. The van der Waals surface area contributed by atoms with Crippen molar-refractivity contribution in [3.63, 3.8) is 0 Å². The maximum absolute atomic E-state index is 14.0. The third-order valence-electron chi connectivity index (χ3n) is 6.20. The number of fused-ring (bicyclic) bond motifs is 1. The number of halogens is 1. The van der Waals surface area contributed by atoms with Gasteiger partial charge in [-0.2, -0.15) is 0 Å². The summed E-state index contributed by atoms with van der Waals surface area (Å²) in [7, 11) is 1.71. The molecule has 0 spiro atoms. The van der Waals surface area contributed by atoms with Gasteiger partial charge in [-0.1, -0.05) is 17.4 Å². The fraction of sp³-hybridized carbons (Fsp3) is 0.250. The largest absolute Gasteiger partial charge is 0.456 e. The predicted octanol–water partition coefficient (Wildman–Crippen LogP) is 6.87. The molecule has 0 saturated carbocycles. The lowest BCUT2D eigenvalue weighted by Crippen LogP contribution is -2.17. The van der Waals surface area contributed by atoms with Gasteiger partial charge >= 0.3 is 0 Å². The van der Waals surface area contributed by atoms with E-state index in [1.165, 1.54) is 34.8 Å². The van der Waals surface area contributed by atoms with E-state index in [9.17, 15) is 14.3 Å². The standard InChI is InChI=1S/C28H26FN3O3S2/c1-14-9-18(29)10-15(2)24(14)35-22-8-7-17(28(4,5)34)11-19(22)21-13-32(6)27(33)20-12-23(37-25(20)21)26-31-30-16(3)36-26/h7-13,34H,1-6H3. The number of aromatic nitrogens is 3. The van der Waals surface area contributed by atoms with Gasteiger partial charge in [-0.3, -0.25) is 4.79 Å². The van der Waals surface area contributed by atoms with Gasteiger partial charge in [0.15, 0.2) is 5.01 Å². The Morgan fingerprint density at radius 3 is 2.32 bits per heavy atom. The zero-order valence-corrected chi connectivity index (χ0v) is 23.0. The van der Waals surface area contributed by atoms with Crippen LogP contribution in [0.5, 0.6) is 11.5 Å². The smallest absolute Gasteiger partial charge is 0.259 e. The number of ether oxygens (including phenoxy) is 1. The molecule has 3 heterocycles. The van der Waals surface area contributed by atoms with Crippen molar-refractivity contribution in [3.05, 3.63) is 80.5 Å². The van der Waals surface area contributed by atoms with Gasteiger partial charge in [-0.05, 0) is 81.6 Å². The minimum atomic E-state index is -1.10. The van der Waals surface area contributed by atoms with Crippen LogP contribution in [-0.2, 0) is 12.6 Å². The highest BCUT2D eigenvalue weighted by atomic mass is 32.1. The normalized spacial score (nSPS) is 11.9. The fourth-order valence-electron chi connectivity index (χ4n) is 4.32. The Kier molecular flexibility index (Phi) is 6.26. The number of thiophene rings is 1. The SMILES string of the molecule is Cc1nnc(-c2cc3c(=O)n(C)cc(-c4cc(C(C)(C)O)ccc4Oc4c(C)cc(F)cc4C)c3s2)s1. The lowest BCUT2D eigenvalue weighted by atomic mass is 9.93. The van der Waals surface area contributed by atoms with Crippen molar-refractivity contribution >= 4 is 32.8 Å². The van der Waals surface area contributed by atoms with Crippen LogP contribution in [0.15, 0.2) is 47.4 Å². The second kappa shape index (κ2) is 9.16. The summed E-state index contributed by atoms with van der Waals surface area (Å²) in [5.74, 6) is 0.779. The van der Waals surface area contributed by atoms with E-state index in [0.717, 1.165) is 25.2 Å². The van der Waals surface area contributed by atoms with Gasteiger partial charge < -0.3 is 14.4 Å². The minimum Gasteiger partial charge on any atom is -0.456 e. The van der Waals surface area contributed by atoms with Gasteiger partial charge in [-0.25, -0.2) is 4.39 Å². The molecule has 0 bridgehead atoms. The van der Waals surface area contributed by atoms with Crippen molar-refractivity contribution in [2.45, 2.75) is 40.2 Å². The van der Waals surface area contributed by atoms with E-state index in [1.54, 1.807) is 45.5 Å². The fourth-order valence-corrected chi connectivity index (χ4v) is 6.23. The van der Waals surface area contributed by atoms with E-state index in [-0.39, 0.29) is 11.4 Å². The molecule has 5 rings (SSSR count). The van der Waals surface area contributed by atoms with Crippen molar-refractivity contribution in [2.24, 2.45) is 7.05 Å². The second-order valence-corrected chi connectivity index (χ2v) is 11.9. The van der Waals surface area contributed by atoms with Crippen LogP contribution in [0.3, 0.4) is 0 Å². The number of hydrogen-bond donors (Lipinski definition) is 1. The van der Waals surface area contributed by atoms with Crippen LogP contribution in [0.2, 0.25) is 0 Å². The third-order valence-corrected chi connectivity index (χ3v) is 8.38. The summed E-state index contributed by atoms with van der Waals surface area (Å²) in [5, 5.41) is 21.3. The highest BCUT2D eigenvalue weighted by Gasteiger charge is 2.23. The van der Waals surface area contributed by atoms with Crippen LogP contribution in [0.1, 0.15) is 35.5 Å². The van der Waals surface area contributed by atoms with Crippen LogP contribution in [0.4, 0.5) is 4.39 Å². The van der Waals surface area contributed by atoms with Gasteiger partial charge in [-0.15, -0.1) is 21.5 Å². The summed E-state index contributed by atoms with van der Waals surface area (Å²) in [6, 6.07) is 10.2. The van der Waals surface area contributed by atoms with Crippen molar-refractivity contribution in [1.29, 1.82) is 0 Å². The monoisotopic (exact) mass is 535 g/mol. The van der Waals surface area contributed by atoms with Crippen molar-refractivity contribution < 1.29 is 14.2 Å². The average molecular weight is 536 g/mol. The Bertz CT molecular complexity index is 1700. The third kappa shape index (κ3) is 4.70. The van der Waals surface area contributed by atoms with E-state index >= 15 is 0 Å². The molecule has 3 aromatic heterocycles. The molecule has 0 aliphatic heterocycles. The molecule has 2 aromatic carbocycles. The van der Waals surface area contributed by atoms with E-state index in [4.69, 9.17) is 4.74 Å². The number of pyridine rings is 1. The van der Waals surface area contributed by atoms with Gasteiger partial charge in [0.25, 0.3) is 5.56 Å². The van der Waals surface area contributed by atoms with E-state index in [0.29, 0.717) is 39.1 Å². The molecule has 0 amide bonds. The molecule has 37 heavy (non-hydrogen) atoms. The zero-order valence-electron chi connectivity index (χ0n) is 21.3. The number of nitrogens with zero attached hydrogens (tertiary/aromatic N) is 3. The minimum absolute atomic E-state index is 0.117. The molecule has 0 unspecified atom stereocenters. The number of benzene rings is 2. The number of rotatable bonds is 5. The topological polar surface area (TPSA) is 77.2 Å². The molecule has 0 aliphatic carbocycles. The summed E-state index contributed by atoms with van der Waals surface area (Å²) in [4.78, 5) is 14.0. The summed E-state index contributed by atoms with van der Waals surface area (Å²) < 4.78 is 22.7. The summed E-state index contributed by atoms with van der Waals surface area (Å²) in [6.45, 7) is 8.94. The molecule has 0 aliphatic rings. The summed E-state index contributed by atoms with van der Waals surface area (Å²) in [6.07, 6.45) is 1.79. The van der Waals surface area contributed by atoms with Crippen LogP contribution in [-0.4, -0.2) is 19.9 Å². The molecule has 0 saturated heterocycles. The van der Waals surface area contributed by atoms with Crippen LogP contribution < -0.4 is 10.3 Å². The Hall–Kier alpha value is -3.40. The first-order valence-corrected chi connectivity index (χ1v) is 13.3. The lowest BCUT2D eigenvalue weighted by molar-refractivity contribution is 0.0786. The predicted molar refractivity (Wildman–Crippen MR) is 147 cm³/mol. The van der Waals surface area contributed by atoms with Gasteiger partial charge in [0.2, 0.25) is 0 Å². The molecule has 0 radical (unpaired) electrons. The van der Waals surface area contributed by atoms with Gasteiger partial charge in [0.1, 0.15) is 22.3 Å². The van der Waals surface area contributed by atoms with Crippen molar-refractivity contribution in [3.8, 4) is 32.5 Å². The highest BCUT2D eigenvalue weighted by molar-refractivity contribution is 7.26. The molecule has 190 valence electrons. The molecule has 5 aromatic rings. The quantitative estimate of drug-likeness (QED) is 0.266. The average Bonchev–Trinajstić information content (AvgIpc) is 3.45. The zero-order chi connectivity index (χ0) is 26.6. The summed E-state index contributed by atoms with van der Waals surface area (Å²) >= 11 is 2.95. The second-order valence-electron chi connectivity index (χ2n) is 9.68. The van der Waals surface area contributed by atoms with E-state index in [2.05, 4.69) is 10.2 Å². The molecular formula is C28H26FN3O3S2. The van der Waals surface area contributed by atoms with Crippen molar-refractivity contribution in [2.75, 3.05) is 0 Å². The summed E-state index contributed by atoms with van der Waals surface area (Å²) in [5.41, 5.74) is 2.32. The first kappa shape index (κ1) is 25.3. The Morgan fingerprint density at radius 1 is 1.00 bits per heavy atom. The van der Waals surface area contributed by atoms with Crippen LogP contribution in [0.25, 0.3) is 31.1 Å². The molecule has 1 N–H and O–H groups in total. The number of hydrogen-bond acceptors (Lipinski definition) is 7. The van der Waals surface area contributed by atoms with Crippen LogP contribution in [0, 0.1) is 26.6 Å². The van der Waals surface area contributed by atoms with E-state index in [1.807, 2.05) is 31.2 Å². The van der Waals surface area contributed by atoms with Crippen molar-refractivity contribution in [1.82, 2.24) is 14.8 Å². The van der Waals surface area contributed by atoms with E-state index < -0.39 is 5.60 Å². The Labute approximate surface area is 221 Å². The molecule has 0 atom stereocenters. The van der Waals surface area contributed by atoms with Gasteiger partial charge in [0, 0.05) is 29.1 Å². The Balaban J connectivity index is 1.77. The first-order valence-electron chi connectivity index (χ1n) is 11.7. The highest BCUT2D eigenvalue weighted by Crippen LogP contribution is 2.44.